The van der Waals surface area contributed by atoms with Gasteiger partial charge in [0.05, 0.1) is 0 Å². The molecule has 0 amide bonds. The lowest BCUT2D eigenvalue weighted by Crippen LogP contribution is -1.72. The largest absolute Gasteiger partial charge is 0.0870 e. The van der Waals surface area contributed by atoms with Gasteiger partial charge in [0.25, 0.3) is 0 Å². The van der Waals surface area contributed by atoms with Gasteiger partial charge in [-0.2, -0.15) is 0 Å². The first-order chi connectivity index (χ1) is 4.84. The van der Waals surface area contributed by atoms with Gasteiger partial charge in [-0.15, -0.1) is 0 Å². The fraction of sp³-hybridized carbons (Fsp3) is 0.111. The van der Waals surface area contributed by atoms with E-state index in [1.54, 1.807) is 0 Å². The zero-order chi connectivity index (χ0) is 7.40. The Hall–Kier alpha value is -0.560. The normalized spacial score (nSPS) is 10.6. The molecule has 0 aromatic heterocycles. The highest BCUT2D eigenvalue weighted by molar-refractivity contribution is 9.10. The molecule has 0 saturated carbocycles. The summed E-state index contributed by atoms with van der Waals surface area (Å²) in [5.41, 5.74) is 1.10. The third-order valence-corrected chi connectivity index (χ3v) is 1.86. The van der Waals surface area contributed by atoms with Crippen molar-refractivity contribution in [1.82, 2.24) is 0 Å². The summed E-state index contributed by atoms with van der Waals surface area (Å²) >= 11 is 3.41. The predicted molar refractivity (Wildman–Crippen MR) is 47.7 cm³/mol. The lowest BCUT2D eigenvalue weighted by atomic mass is 10.2. The average molecular weight is 196 g/mol. The average Bonchev–Trinajstić information content (AvgIpc) is 1.94. The lowest BCUT2D eigenvalue weighted by Gasteiger charge is -1.93. The number of hydrogen-bond donors (Lipinski definition) is 0. The molecule has 0 aliphatic carbocycles. The third kappa shape index (κ3) is 1.71. The Kier molecular flexibility index (Phi) is 2.69. The number of rotatable bonds is 1. The van der Waals surface area contributed by atoms with E-state index in [-0.39, 0.29) is 0 Å². The highest BCUT2D eigenvalue weighted by Gasteiger charge is 1.90. The summed E-state index contributed by atoms with van der Waals surface area (Å²) in [4.78, 5) is 0. The maximum Gasteiger partial charge on any atom is 0.0253 e. The van der Waals surface area contributed by atoms with Crippen LogP contribution in [-0.2, 0) is 0 Å². The monoisotopic (exact) mass is 195 g/mol. The molecule has 1 aromatic carbocycles. The van der Waals surface area contributed by atoms with E-state index in [1.807, 2.05) is 37.3 Å². The molecule has 1 aromatic rings. The quantitative estimate of drug-likeness (QED) is 0.646. The molecule has 0 nitrogen and oxygen atoms in total. The summed E-state index contributed by atoms with van der Waals surface area (Å²) in [6.45, 7) is 1.99. The number of hydrogen-bond acceptors (Lipinski definition) is 0. The second-order valence-electron chi connectivity index (χ2n) is 1.93. The summed E-state index contributed by atoms with van der Waals surface area (Å²) in [5.74, 6) is 0. The van der Waals surface area contributed by atoms with Crippen molar-refractivity contribution in [3.63, 3.8) is 0 Å². The molecule has 10 heavy (non-hydrogen) atoms. The van der Waals surface area contributed by atoms with Gasteiger partial charge in [0.2, 0.25) is 0 Å². The second-order valence-corrected chi connectivity index (χ2v) is 2.79. The first-order valence-corrected chi connectivity index (χ1v) is 3.93. The molecule has 0 fully saturated rings. The van der Waals surface area contributed by atoms with E-state index < -0.39 is 0 Å². The van der Waals surface area contributed by atoms with Crippen molar-refractivity contribution in [3.05, 3.63) is 40.4 Å². The first kappa shape index (κ1) is 7.55. The van der Waals surface area contributed by atoms with Crippen LogP contribution in [-0.4, -0.2) is 0 Å². The van der Waals surface area contributed by atoms with E-state index in [1.165, 1.54) is 0 Å². The van der Waals surface area contributed by atoms with E-state index in [4.69, 9.17) is 0 Å². The molecular weight excluding hydrogens is 188 g/mol. The summed E-state index contributed by atoms with van der Waals surface area (Å²) in [6.07, 6.45) is 4.01. The Morgan fingerprint density at radius 3 is 3.00 bits per heavy atom. The van der Waals surface area contributed by atoms with Gasteiger partial charge in [-0.1, -0.05) is 40.2 Å². The van der Waals surface area contributed by atoms with E-state index in [0.29, 0.717) is 0 Å². The zero-order valence-corrected chi connectivity index (χ0v) is 7.35. The Balaban J connectivity index is 3.03. The summed E-state index contributed by atoms with van der Waals surface area (Å²) < 4.78 is 1.09. The molecule has 1 heteroatoms. The molecule has 1 radical (unpaired) electrons. The van der Waals surface area contributed by atoms with Gasteiger partial charge in [0, 0.05) is 4.47 Å². The van der Waals surface area contributed by atoms with Gasteiger partial charge in [-0.05, 0) is 24.6 Å². The summed E-state index contributed by atoms with van der Waals surface area (Å²) in [6, 6.07) is 8.97. The molecule has 0 saturated heterocycles. The lowest BCUT2D eigenvalue weighted by molar-refractivity contribution is 1.58. The molecule has 0 spiro atoms. The van der Waals surface area contributed by atoms with E-state index in [2.05, 4.69) is 22.0 Å². The maximum absolute atomic E-state index is 3.41. The molecule has 0 aliphatic heterocycles. The summed E-state index contributed by atoms with van der Waals surface area (Å²) in [7, 11) is 0. The Bertz CT molecular complexity index is 238. The fourth-order valence-corrected chi connectivity index (χ4v) is 1.12. The van der Waals surface area contributed by atoms with Crippen molar-refractivity contribution in [2.45, 2.75) is 6.92 Å². The minimum absolute atomic E-state index is 1.09. The first-order valence-electron chi connectivity index (χ1n) is 3.13. The van der Waals surface area contributed by atoms with Crippen LogP contribution in [0.3, 0.4) is 0 Å². The van der Waals surface area contributed by atoms with E-state index in [9.17, 15) is 0 Å². The second kappa shape index (κ2) is 3.57. The van der Waals surface area contributed by atoms with Gasteiger partial charge < -0.3 is 0 Å². The third-order valence-electron chi connectivity index (χ3n) is 1.17. The Morgan fingerprint density at radius 1 is 1.60 bits per heavy atom. The molecule has 0 unspecified atom stereocenters. The molecule has 1 rings (SSSR count). The molecule has 0 N–H and O–H groups in total. The Morgan fingerprint density at radius 2 is 2.40 bits per heavy atom. The minimum atomic E-state index is 1.09. The van der Waals surface area contributed by atoms with Crippen LogP contribution in [0.5, 0.6) is 0 Å². The van der Waals surface area contributed by atoms with Crippen LogP contribution in [0.15, 0.2) is 28.7 Å². The van der Waals surface area contributed by atoms with Crippen molar-refractivity contribution in [1.29, 1.82) is 0 Å². The zero-order valence-electron chi connectivity index (χ0n) is 5.76. The molecule has 0 heterocycles. The van der Waals surface area contributed by atoms with Crippen LogP contribution in [0.4, 0.5) is 0 Å². The Labute approximate surface area is 69.7 Å². The van der Waals surface area contributed by atoms with Crippen molar-refractivity contribution in [2.75, 3.05) is 0 Å². The van der Waals surface area contributed by atoms with Crippen LogP contribution >= 0.6 is 15.9 Å². The van der Waals surface area contributed by atoms with E-state index in [0.717, 1.165) is 10.0 Å². The van der Waals surface area contributed by atoms with Gasteiger partial charge in [-0.25, -0.2) is 0 Å². The number of benzene rings is 1. The topological polar surface area (TPSA) is 0 Å². The SMILES string of the molecule is C/C=C\c1[c]cccc1Br. The van der Waals surface area contributed by atoms with Gasteiger partial charge in [0.1, 0.15) is 0 Å². The van der Waals surface area contributed by atoms with Crippen LogP contribution in [0.25, 0.3) is 6.08 Å². The van der Waals surface area contributed by atoms with Crippen LogP contribution < -0.4 is 0 Å². The summed E-state index contributed by atoms with van der Waals surface area (Å²) in [5, 5.41) is 0. The standard InChI is InChI=1S/C9H8Br/c1-2-5-8-6-3-4-7-9(8)10/h2-5,7H,1H3/b5-2-. The number of halogens is 1. The van der Waals surface area contributed by atoms with Crippen LogP contribution in [0, 0.1) is 6.07 Å². The predicted octanol–water partition coefficient (Wildman–Crippen LogP) is 3.28. The molecular formula is C9H8Br. The van der Waals surface area contributed by atoms with Crippen LogP contribution in [0.2, 0.25) is 0 Å². The molecule has 0 bridgehead atoms. The van der Waals surface area contributed by atoms with Gasteiger partial charge in [-0.3, -0.25) is 0 Å². The highest BCUT2D eigenvalue weighted by atomic mass is 79.9. The van der Waals surface area contributed by atoms with Crippen molar-refractivity contribution in [2.24, 2.45) is 0 Å². The minimum Gasteiger partial charge on any atom is -0.0870 e. The molecule has 51 valence electrons. The van der Waals surface area contributed by atoms with Crippen molar-refractivity contribution < 1.29 is 0 Å². The van der Waals surface area contributed by atoms with Crippen LogP contribution in [0.1, 0.15) is 12.5 Å². The van der Waals surface area contributed by atoms with E-state index >= 15 is 0 Å². The molecule has 0 atom stereocenters. The molecule has 0 aliphatic rings. The number of allylic oxidation sites excluding steroid dienone is 1. The van der Waals surface area contributed by atoms with Gasteiger partial charge >= 0.3 is 0 Å². The maximum atomic E-state index is 3.41. The van der Waals surface area contributed by atoms with Gasteiger partial charge in [0.15, 0.2) is 0 Å². The smallest absolute Gasteiger partial charge is 0.0253 e. The highest BCUT2D eigenvalue weighted by Crippen LogP contribution is 2.16. The van der Waals surface area contributed by atoms with Crippen molar-refractivity contribution >= 4 is 22.0 Å². The van der Waals surface area contributed by atoms with Crippen molar-refractivity contribution in [3.8, 4) is 0 Å². The fourth-order valence-electron chi connectivity index (χ4n) is 0.724.